The average Bonchev–Trinajstić information content (AvgIpc) is 2.90. The maximum absolute atomic E-state index is 5.82. The highest BCUT2D eigenvalue weighted by Gasteiger charge is 2.16. The Balaban J connectivity index is 1.79. The van der Waals surface area contributed by atoms with Crippen molar-refractivity contribution in [2.75, 3.05) is 17.6 Å². The van der Waals surface area contributed by atoms with Crippen molar-refractivity contribution in [1.29, 1.82) is 0 Å². The molecule has 0 amide bonds. The minimum absolute atomic E-state index is 0.309. The largest absolute Gasteiger partial charge is 0.368 e. The molecule has 0 unspecified atom stereocenters. The van der Waals surface area contributed by atoms with E-state index in [1.54, 1.807) is 0 Å². The number of hydrogen-bond donors (Lipinski definition) is 2. The van der Waals surface area contributed by atoms with E-state index >= 15 is 0 Å². The SMILES string of the molecule is CCCCNc1nc(N)nc2cn(CC3CCCCC3)nc12. The molecule has 0 radical (unpaired) electrons. The summed E-state index contributed by atoms with van der Waals surface area (Å²) >= 11 is 0. The topological polar surface area (TPSA) is 81.6 Å². The smallest absolute Gasteiger partial charge is 0.222 e. The van der Waals surface area contributed by atoms with Gasteiger partial charge in [0.05, 0.1) is 6.20 Å². The van der Waals surface area contributed by atoms with Crippen LogP contribution in [0.4, 0.5) is 11.8 Å². The molecular formula is C16H26N6. The van der Waals surface area contributed by atoms with Gasteiger partial charge in [0, 0.05) is 13.1 Å². The number of rotatable bonds is 6. The van der Waals surface area contributed by atoms with Crippen LogP contribution in [0.25, 0.3) is 11.0 Å². The van der Waals surface area contributed by atoms with Gasteiger partial charge in [-0.2, -0.15) is 10.1 Å². The number of nitrogens with two attached hydrogens (primary N) is 1. The van der Waals surface area contributed by atoms with E-state index < -0.39 is 0 Å². The van der Waals surface area contributed by atoms with E-state index in [2.05, 4.69) is 22.2 Å². The molecule has 0 aromatic carbocycles. The molecule has 1 aliphatic carbocycles. The van der Waals surface area contributed by atoms with Crippen LogP contribution in [0.3, 0.4) is 0 Å². The molecule has 1 aliphatic rings. The molecular weight excluding hydrogens is 276 g/mol. The Kier molecular flexibility index (Phi) is 4.75. The average molecular weight is 302 g/mol. The van der Waals surface area contributed by atoms with Crippen molar-refractivity contribution in [1.82, 2.24) is 19.7 Å². The zero-order chi connectivity index (χ0) is 15.4. The summed E-state index contributed by atoms with van der Waals surface area (Å²) in [7, 11) is 0. The van der Waals surface area contributed by atoms with Crippen LogP contribution in [0.15, 0.2) is 6.20 Å². The number of hydrogen-bond acceptors (Lipinski definition) is 5. The van der Waals surface area contributed by atoms with Gasteiger partial charge in [-0.1, -0.05) is 32.6 Å². The summed E-state index contributed by atoms with van der Waals surface area (Å²) < 4.78 is 2.03. The van der Waals surface area contributed by atoms with Gasteiger partial charge in [-0.05, 0) is 25.2 Å². The Bertz CT molecular complexity index is 614. The van der Waals surface area contributed by atoms with Crippen LogP contribution in [-0.2, 0) is 6.54 Å². The maximum Gasteiger partial charge on any atom is 0.222 e. The predicted octanol–water partition coefficient (Wildman–Crippen LogP) is 3.20. The van der Waals surface area contributed by atoms with Gasteiger partial charge in [0.2, 0.25) is 5.95 Å². The molecule has 2 aromatic heterocycles. The molecule has 3 rings (SSSR count). The minimum atomic E-state index is 0.309. The molecule has 120 valence electrons. The molecule has 0 aliphatic heterocycles. The molecule has 1 saturated carbocycles. The second-order valence-electron chi connectivity index (χ2n) is 6.30. The maximum atomic E-state index is 5.82. The van der Waals surface area contributed by atoms with Gasteiger partial charge in [0.1, 0.15) is 5.52 Å². The van der Waals surface area contributed by atoms with Crippen molar-refractivity contribution in [3.8, 4) is 0 Å². The summed E-state index contributed by atoms with van der Waals surface area (Å²) in [5.74, 6) is 1.81. The summed E-state index contributed by atoms with van der Waals surface area (Å²) in [6.07, 6.45) is 11.0. The van der Waals surface area contributed by atoms with E-state index in [1.165, 1.54) is 32.1 Å². The van der Waals surface area contributed by atoms with Gasteiger partial charge < -0.3 is 11.1 Å². The number of nitrogens with zero attached hydrogens (tertiary/aromatic N) is 4. The van der Waals surface area contributed by atoms with Gasteiger partial charge in [-0.25, -0.2) is 4.98 Å². The Morgan fingerprint density at radius 3 is 2.86 bits per heavy atom. The van der Waals surface area contributed by atoms with Crippen molar-refractivity contribution in [3.63, 3.8) is 0 Å². The number of aromatic nitrogens is 4. The lowest BCUT2D eigenvalue weighted by Crippen LogP contribution is -2.14. The number of nitrogens with one attached hydrogen (secondary N) is 1. The second kappa shape index (κ2) is 6.94. The van der Waals surface area contributed by atoms with Crippen LogP contribution in [0.5, 0.6) is 0 Å². The standard InChI is InChI=1S/C16H26N6/c1-2-3-9-18-15-14-13(19-16(17)20-15)11-22(21-14)10-12-7-5-4-6-8-12/h11-12H,2-10H2,1H3,(H3,17,18,19,20). The Morgan fingerprint density at radius 1 is 1.27 bits per heavy atom. The lowest BCUT2D eigenvalue weighted by molar-refractivity contribution is 0.309. The number of unbranched alkanes of at least 4 members (excludes halogenated alkanes) is 1. The highest BCUT2D eigenvalue weighted by molar-refractivity contribution is 5.85. The fourth-order valence-electron chi connectivity index (χ4n) is 3.21. The van der Waals surface area contributed by atoms with Gasteiger partial charge in [0.15, 0.2) is 11.3 Å². The monoisotopic (exact) mass is 302 g/mol. The van der Waals surface area contributed by atoms with Crippen molar-refractivity contribution in [2.24, 2.45) is 5.92 Å². The highest BCUT2D eigenvalue weighted by atomic mass is 15.3. The summed E-state index contributed by atoms with van der Waals surface area (Å²) in [6, 6.07) is 0. The molecule has 2 heterocycles. The van der Waals surface area contributed by atoms with E-state index in [4.69, 9.17) is 10.8 Å². The first-order chi connectivity index (χ1) is 10.8. The Hall–Kier alpha value is -1.85. The molecule has 1 fully saturated rings. The van der Waals surface area contributed by atoms with Gasteiger partial charge in [-0.3, -0.25) is 4.68 Å². The molecule has 0 bridgehead atoms. The van der Waals surface area contributed by atoms with Crippen molar-refractivity contribution >= 4 is 22.8 Å². The molecule has 0 atom stereocenters. The number of anilines is 2. The van der Waals surface area contributed by atoms with E-state index in [0.29, 0.717) is 5.95 Å². The predicted molar refractivity (Wildman–Crippen MR) is 89.7 cm³/mol. The minimum Gasteiger partial charge on any atom is -0.368 e. The van der Waals surface area contributed by atoms with Gasteiger partial charge in [0.25, 0.3) is 0 Å². The highest BCUT2D eigenvalue weighted by Crippen LogP contribution is 2.26. The van der Waals surface area contributed by atoms with Crippen molar-refractivity contribution in [2.45, 2.75) is 58.4 Å². The van der Waals surface area contributed by atoms with Crippen LogP contribution in [0, 0.1) is 5.92 Å². The fraction of sp³-hybridized carbons (Fsp3) is 0.688. The van der Waals surface area contributed by atoms with Crippen molar-refractivity contribution < 1.29 is 0 Å². The number of nitrogen functional groups attached to an aromatic ring is 1. The molecule has 0 spiro atoms. The summed E-state index contributed by atoms with van der Waals surface area (Å²) in [6.45, 7) is 4.03. The fourth-order valence-corrected chi connectivity index (χ4v) is 3.21. The lowest BCUT2D eigenvalue weighted by atomic mass is 9.89. The van der Waals surface area contributed by atoms with Crippen LogP contribution in [-0.4, -0.2) is 26.3 Å². The van der Waals surface area contributed by atoms with E-state index in [1.807, 2.05) is 10.9 Å². The molecule has 22 heavy (non-hydrogen) atoms. The Morgan fingerprint density at radius 2 is 2.09 bits per heavy atom. The third-order valence-electron chi connectivity index (χ3n) is 4.42. The third-order valence-corrected chi connectivity index (χ3v) is 4.42. The van der Waals surface area contributed by atoms with E-state index in [9.17, 15) is 0 Å². The zero-order valence-electron chi connectivity index (χ0n) is 13.4. The zero-order valence-corrected chi connectivity index (χ0v) is 13.4. The van der Waals surface area contributed by atoms with E-state index in [0.717, 1.165) is 48.7 Å². The first-order valence-corrected chi connectivity index (χ1v) is 8.51. The third kappa shape index (κ3) is 3.48. The lowest BCUT2D eigenvalue weighted by Gasteiger charge is -2.21. The van der Waals surface area contributed by atoms with Crippen molar-refractivity contribution in [3.05, 3.63) is 6.20 Å². The van der Waals surface area contributed by atoms with Gasteiger partial charge >= 0.3 is 0 Å². The normalized spacial score (nSPS) is 16.2. The summed E-state index contributed by atoms with van der Waals surface area (Å²) in [4.78, 5) is 8.63. The Labute approximate surface area is 131 Å². The second-order valence-corrected chi connectivity index (χ2v) is 6.30. The number of fused-ring (bicyclic) bond motifs is 1. The van der Waals surface area contributed by atoms with Crippen LogP contribution < -0.4 is 11.1 Å². The first kappa shape index (κ1) is 15.1. The molecule has 6 nitrogen and oxygen atoms in total. The summed E-state index contributed by atoms with van der Waals surface area (Å²) in [5, 5.41) is 8.04. The molecule has 6 heteroatoms. The molecule has 3 N–H and O–H groups in total. The molecule has 2 aromatic rings. The summed E-state index contributed by atoms with van der Waals surface area (Å²) in [5.41, 5.74) is 7.49. The quantitative estimate of drug-likeness (QED) is 0.801. The first-order valence-electron chi connectivity index (χ1n) is 8.51. The molecule has 0 saturated heterocycles. The van der Waals surface area contributed by atoms with Gasteiger partial charge in [-0.15, -0.1) is 0 Å². The van der Waals surface area contributed by atoms with Crippen LogP contribution in [0.1, 0.15) is 51.9 Å². The van der Waals surface area contributed by atoms with Crippen LogP contribution in [0.2, 0.25) is 0 Å². The van der Waals surface area contributed by atoms with E-state index in [-0.39, 0.29) is 0 Å². The van der Waals surface area contributed by atoms with Crippen LogP contribution >= 0.6 is 0 Å².